The maximum absolute atomic E-state index is 12.5. The molecule has 0 aliphatic heterocycles. The van der Waals surface area contributed by atoms with Crippen molar-refractivity contribution in [3.05, 3.63) is 102 Å². The first kappa shape index (κ1) is 18.4. The summed E-state index contributed by atoms with van der Waals surface area (Å²) in [7, 11) is 0. The number of anilines is 1. The average Bonchev–Trinajstić information content (AvgIpc) is 2.77. The fourth-order valence-corrected chi connectivity index (χ4v) is 3.41. The Morgan fingerprint density at radius 1 is 0.690 bits per heavy atom. The van der Waals surface area contributed by atoms with Gasteiger partial charge in [0, 0.05) is 16.8 Å². The molecule has 2 N–H and O–H groups in total. The van der Waals surface area contributed by atoms with Crippen LogP contribution >= 0.6 is 0 Å². The van der Waals surface area contributed by atoms with Gasteiger partial charge in [0.1, 0.15) is 0 Å². The number of hydrogen-bond donors (Lipinski definition) is 2. The van der Waals surface area contributed by atoms with Gasteiger partial charge in [-0.3, -0.25) is 4.79 Å². The van der Waals surface area contributed by atoms with Crippen molar-refractivity contribution in [2.75, 3.05) is 11.9 Å². The lowest BCUT2D eigenvalue weighted by atomic mass is 9.97. The molecular formula is C25H19NO3. The zero-order valence-corrected chi connectivity index (χ0v) is 15.6. The van der Waals surface area contributed by atoms with Crippen LogP contribution in [0.4, 0.5) is 5.69 Å². The first-order valence-electron chi connectivity index (χ1n) is 9.31. The number of carboxylic acid groups (broad SMARTS) is 1. The third kappa shape index (κ3) is 3.87. The Morgan fingerprint density at radius 3 is 2.10 bits per heavy atom. The lowest BCUT2D eigenvalue weighted by molar-refractivity contribution is 0.0696. The van der Waals surface area contributed by atoms with E-state index in [2.05, 4.69) is 29.6 Å². The molecule has 0 fully saturated rings. The van der Waals surface area contributed by atoms with Crippen molar-refractivity contribution in [3.8, 4) is 11.1 Å². The van der Waals surface area contributed by atoms with Gasteiger partial charge in [-0.2, -0.15) is 0 Å². The van der Waals surface area contributed by atoms with Crippen LogP contribution < -0.4 is 5.32 Å². The third-order valence-corrected chi connectivity index (χ3v) is 4.90. The van der Waals surface area contributed by atoms with Gasteiger partial charge in [0.25, 0.3) is 0 Å². The minimum absolute atomic E-state index is 0.102. The van der Waals surface area contributed by atoms with Crippen LogP contribution in [0.15, 0.2) is 91.0 Å². The number of aromatic carboxylic acids is 1. The van der Waals surface area contributed by atoms with E-state index in [-0.39, 0.29) is 17.9 Å². The van der Waals surface area contributed by atoms with Crippen LogP contribution in [0.2, 0.25) is 0 Å². The smallest absolute Gasteiger partial charge is 0.335 e. The van der Waals surface area contributed by atoms with Crippen molar-refractivity contribution in [1.29, 1.82) is 0 Å². The van der Waals surface area contributed by atoms with E-state index in [0.29, 0.717) is 5.56 Å². The molecule has 0 unspecified atom stereocenters. The van der Waals surface area contributed by atoms with E-state index in [1.54, 1.807) is 12.1 Å². The van der Waals surface area contributed by atoms with Crippen LogP contribution in [0, 0.1) is 0 Å². The van der Waals surface area contributed by atoms with Crippen molar-refractivity contribution >= 4 is 28.2 Å². The normalized spacial score (nSPS) is 10.6. The standard InChI is InChI=1S/C25H19NO3/c27-24(18-12-14-19(15-13-18)25(28)29)16-26-23-11-4-3-9-22(23)21-10-5-7-17-6-1-2-8-20(17)21/h1-15,26H,16H2,(H,28,29). The number of carboxylic acids is 1. The van der Waals surface area contributed by atoms with Crippen LogP contribution in [0.25, 0.3) is 21.9 Å². The molecule has 4 rings (SSSR count). The highest BCUT2D eigenvalue weighted by atomic mass is 16.4. The third-order valence-electron chi connectivity index (χ3n) is 4.90. The average molecular weight is 381 g/mol. The maximum Gasteiger partial charge on any atom is 0.335 e. The molecule has 0 atom stereocenters. The Kier molecular flexibility index (Phi) is 5.08. The molecule has 0 amide bonds. The van der Waals surface area contributed by atoms with Gasteiger partial charge in [0.05, 0.1) is 12.1 Å². The number of Topliss-reactive ketones (excluding diaryl/α,β-unsaturated/α-hetero) is 1. The Morgan fingerprint density at radius 2 is 1.31 bits per heavy atom. The number of carbonyl (C=O) groups is 2. The molecule has 0 heterocycles. The molecule has 4 nitrogen and oxygen atoms in total. The molecule has 0 saturated heterocycles. The van der Waals surface area contributed by atoms with Crippen molar-refractivity contribution in [3.63, 3.8) is 0 Å². The predicted octanol–water partition coefficient (Wildman–Crippen LogP) is 5.50. The molecule has 0 radical (unpaired) electrons. The van der Waals surface area contributed by atoms with E-state index in [9.17, 15) is 9.59 Å². The van der Waals surface area contributed by atoms with Crippen LogP contribution in [0.1, 0.15) is 20.7 Å². The molecule has 29 heavy (non-hydrogen) atoms. The summed E-state index contributed by atoms with van der Waals surface area (Å²) in [5.41, 5.74) is 3.64. The minimum Gasteiger partial charge on any atom is -0.478 e. The predicted molar refractivity (Wildman–Crippen MR) is 116 cm³/mol. The minimum atomic E-state index is -1.01. The zero-order valence-electron chi connectivity index (χ0n) is 15.6. The number of rotatable bonds is 6. The fraction of sp³-hybridized carbons (Fsp3) is 0.0400. The number of fused-ring (bicyclic) bond motifs is 1. The molecule has 4 heteroatoms. The van der Waals surface area contributed by atoms with E-state index in [1.807, 2.05) is 42.5 Å². The Bertz CT molecular complexity index is 1190. The van der Waals surface area contributed by atoms with Gasteiger partial charge >= 0.3 is 5.97 Å². The number of ketones is 1. The number of para-hydroxylation sites is 1. The van der Waals surface area contributed by atoms with Crippen LogP contribution in [0.5, 0.6) is 0 Å². The topological polar surface area (TPSA) is 66.4 Å². The van der Waals surface area contributed by atoms with Gasteiger partial charge in [-0.15, -0.1) is 0 Å². The second kappa shape index (κ2) is 7.98. The number of hydrogen-bond acceptors (Lipinski definition) is 3. The number of benzene rings is 4. The summed E-state index contributed by atoms with van der Waals surface area (Å²) in [6.45, 7) is 0.119. The summed E-state index contributed by atoms with van der Waals surface area (Å²) in [6, 6.07) is 28.3. The van der Waals surface area contributed by atoms with Crippen molar-refractivity contribution in [2.45, 2.75) is 0 Å². The lowest BCUT2D eigenvalue weighted by Crippen LogP contribution is -2.14. The van der Waals surface area contributed by atoms with Crippen molar-refractivity contribution in [2.24, 2.45) is 0 Å². The first-order valence-corrected chi connectivity index (χ1v) is 9.31. The summed E-state index contributed by atoms with van der Waals surface area (Å²) < 4.78 is 0. The Balaban J connectivity index is 1.59. The molecule has 0 spiro atoms. The fourth-order valence-electron chi connectivity index (χ4n) is 3.41. The SMILES string of the molecule is O=C(O)c1ccc(C(=O)CNc2ccccc2-c2cccc3ccccc23)cc1. The highest BCUT2D eigenvalue weighted by molar-refractivity contribution is 6.02. The van der Waals surface area contributed by atoms with E-state index in [4.69, 9.17) is 5.11 Å². The van der Waals surface area contributed by atoms with E-state index in [0.717, 1.165) is 27.6 Å². The number of carbonyl (C=O) groups excluding carboxylic acids is 1. The Hall–Kier alpha value is -3.92. The molecule has 4 aromatic rings. The molecule has 0 saturated carbocycles. The van der Waals surface area contributed by atoms with Gasteiger partial charge in [-0.1, -0.05) is 72.8 Å². The van der Waals surface area contributed by atoms with Gasteiger partial charge in [0.2, 0.25) is 0 Å². The molecule has 0 bridgehead atoms. The van der Waals surface area contributed by atoms with E-state index in [1.165, 1.54) is 12.1 Å². The second-order valence-corrected chi connectivity index (χ2v) is 6.73. The summed E-state index contributed by atoms with van der Waals surface area (Å²) in [5, 5.41) is 14.5. The maximum atomic E-state index is 12.5. The lowest BCUT2D eigenvalue weighted by Gasteiger charge is -2.14. The summed E-state index contributed by atoms with van der Waals surface area (Å²) in [5.74, 6) is -1.11. The second-order valence-electron chi connectivity index (χ2n) is 6.73. The van der Waals surface area contributed by atoms with Gasteiger partial charge in [-0.05, 0) is 34.5 Å². The molecular weight excluding hydrogens is 362 g/mol. The first-order chi connectivity index (χ1) is 14.1. The van der Waals surface area contributed by atoms with E-state index < -0.39 is 5.97 Å². The highest BCUT2D eigenvalue weighted by Crippen LogP contribution is 2.33. The zero-order chi connectivity index (χ0) is 20.2. The largest absolute Gasteiger partial charge is 0.478 e. The highest BCUT2D eigenvalue weighted by Gasteiger charge is 2.11. The summed E-state index contributed by atoms with van der Waals surface area (Å²) in [4.78, 5) is 23.5. The van der Waals surface area contributed by atoms with Crippen LogP contribution in [0.3, 0.4) is 0 Å². The summed E-state index contributed by atoms with van der Waals surface area (Å²) >= 11 is 0. The van der Waals surface area contributed by atoms with Gasteiger partial charge in [0.15, 0.2) is 5.78 Å². The molecule has 0 aliphatic carbocycles. The molecule has 0 aliphatic rings. The van der Waals surface area contributed by atoms with Crippen molar-refractivity contribution in [1.82, 2.24) is 0 Å². The quantitative estimate of drug-likeness (QED) is 0.433. The van der Waals surface area contributed by atoms with Gasteiger partial charge < -0.3 is 10.4 Å². The van der Waals surface area contributed by atoms with Gasteiger partial charge in [-0.25, -0.2) is 4.79 Å². The van der Waals surface area contributed by atoms with E-state index >= 15 is 0 Å². The van der Waals surface area contributed by atoms with Crippen molar-refractivity contribution < 1.29 is 14.7 Å². The molecule has 0 aromatic heterocycles. The van der Waals surface area contributed by atoms with Crippen LogP contribution in [-0.4, -0.2) is 23.4 Å². The molecule has 4 aromatic carbocycles. The monoisotopic (exact) mass is 381 g/mol. The number of nitrogens with one attached hydrogen (secondary N) is 1. The molecule has 142 valence electrons. The summed E-state index contributed by atoms with van der Waals surface area (Å²) in [6.07, 6.45) is 0. The Labute approximate surface area is 168 Å². The van der Waals surface area contributed by atoms with Crippen LogP contribution in [-0.2, 0) is 0 Å².